The average molecular weight is 124 g/mol. The summed E-state index contributed by atoms with van der Waals surface area (Å²) in [4.78, 5) is 1.23. The van der Waals surface area contributed by atoms with Crippen LogP contribution in [-0.4, -0.2) is 5.75 Å². The maximum atomic E-state index is 3.87. The maximum absolute atomic E-state index is 3.87. The van der Waals surface area contributed by atoms with Crippen LogP contribution in [0.3, 0.4) is 0 Å². The minimum absolute atomic E-state index is 1.06. The van der Waals surface area contributed by atoms with Crippen LogP contribution in [-0.2, 0) is 0 Å². The molecule has 8 heavy (non-hydrogen) atoms. The summed E-state index contributed by atoms with van der Waals surface area (Å²) in [7, 11) is 0. The molecule has 0 unspecified atom stereocenters. The molecule has 2 aliphatic heterocycles. The van der Waals surface area contributed by atoms with E-state index in [9.17, 15) is 0 Å². The molecule has 0 N–H and O–H groups in total. The molecule has 0 radical (unpaired) electrons. The molecule has 3 heteroatoms. The third kappa shape index (κ3) is 0.448. The topological polar surface area (TPSA) is 24.7 Å². The predicted octanol–water partition coefficient (Wildman–Crippen LogP) is 1.92. The van der Waals surface area contributed by atoms with Crippen molar-refractivity contribution in [2.45, 2.75) is 0 Å². The zero-order valence-corrected chi connectivity index (χ0v) is 4.98. The molecule has 0 aromatic carbocycles. The molecule has 0 aliphatic carbocycles. The van der Waals surface area contributed by atoms with E-state index in [1.165, 1.54) is 4.91 Å². The first-order valence-electron chi connectivity index (χ1n) is 2.41. The molecular weight excluding hydrogens is 120 g/mol. The van der Waals surface area contributed by atoms with Gasteiger partial charge in [-0.05, 0) is 6.08 Å². The van der Waals surface area contributed by atoms with Crippen molar-refractivity contribution in [3.8, 4) is 0 Å². The van der Waals surface area contributed by atoms with E-state index in [1.807, 2.05) is 6.20 Å². The van der Waals surface area contributed by atoms with Crippen LogP contribution >= 0.6 is 11.8 Å². The Morgan fingerprint density at radius 2 is 2.62 bits per heavy atom. The normalized spacial score (nSPS) is 23.0. The van der Waals surface area contributed by atoms with Crippen molar-refractivity contribution < 1.29 is 0 Å². The van der Waals surface area contributed by atoms with Crippen molar-refractivity contribution in [3.05, 3.63) is 22.9 Å². The van der Waals surface area contributed by atoms with Crippen molar-refractivity contribution in [1.29, 1.82) is 0 Å². The summed E-state index contributed by atoms with van der Waals surface area (Å²) in [6, 6.07) is 0. The fourth-order valence-electron chi connectivity index (χ4n) is 0.722. The highest BCUT2D eigenvalue weighted by Crippen LogP contribution is 2.35. The SMILES string of the molecule is C1=C2N=NC=C2SC1. The van der Waals surface area contributed by atoms with Gasteiger partial charge in [0.2, 0.25) is 0 Å². The molecule has 0 amide bonds. The van der Waals surface area contributed by atoms with E-state index in [-0.39, 0.29) is 0 Å². The third-order valence-corrected chi connectivity index (χ3v) is 2.07. The van der Waals surface area contributed by atoms with Gasteiger partial charge >= 0.3 is 0 Å². The lowest BCUT2D eigenvalue weighted by atomic mass is 10.4. The Hall–Kier alpha value is -0.570. The van der Waals surface area contributed by atoms with Crippen molar-refractivity contribution in [2.24, 2.45) is 10.2 Å². The Kier molecular flexibility index (Phi) is 0.784. The van der Waals surface area contributed by atoms with Gasteiger partial charge in [-0.1, -0.05) is 0 Å². The van der Waals surface area contributed by atoms with E-state index in [0.717, 1.165) is 11.4 Å². The van der Waals surface area contributed by atoms with Crippen LogP contribution in [0.15, 0.2) is 33.1 Å². The summed E-state index contributed by atoms with van der Waals surface area (Å²) in [5.41, 5.74) is 1.06. The zero-order chi connectivity index (χ0) is 5.40. The quantitative estimate of drug-likeness (QED) is 0.484. The lowest BCUT2D eigenvalue weighted by Gasteiger charge is -1.83. The summed E-state index contributed by atoms with van der Waals surface area (Å²) < 4.78 is 0. The van der Waals surface area contributed by atoms with Crippen LogP contribution in [0, 0.1) is 0 Å². The Bertz CT molecular complexity index is 202. The van der Waals surface area contributed by atoms with Crippen molar-refractivity contribution >= 4 is 11.8 Å². The Labute approximate surface area is 51.4 Å². The van der Waals surface area contributed by atoms with Gasteiger partial charge < -0.3 is 0 Å². The number of thioether (sulfide) groups is 1. The van der Waals surface area contributed by atoms with Gasteiger partial charge in [0.15, 0.2) is 0 Å². The van der Waals surface area contributed by atoms with Crippen molar-refractivity contribution in [2.75, 3.05) is 5.75 Å². The first-order chi connectivity index (χ1) is 3.97. The van der Waals surface area contributed by atoms with Gasteiger partial charge in [0.1, 0.15) is 0 Å². The summed E-state index contributed by atoms with van der Waals surface area (Å²) in [6.07, 6.45) is 3.90. The van der Waals surface area contributed by atoms with Gasteiger partial charge in [0.25, 0.3) is 0 Å². The number of hydrogen-bond donors (Lipinski definition) is 0. The number of hydrogen-bond acceptors (Lipinski definition) is 3. The Morgan fingerprint density at radius 1 is 1.62 bits per heavy atom. The minimum Gasteiger partial charge on any atom is -0.157 e. The van der Waals surface area contributed by atoms with Crippen LogP contribution in [0.1, 0.15) is 0 Å². The largest absolute Gasteiger partial charge is 0.157 e. The molecular formula is C5H4N2S. The van der Waals surface area contributed by atoms with E-state index < -0.39 is 0 Å². The second kappa shape index (κ2) is 1.45. The molecule has 2 aliphatic rings. The van der Waals surface area contributed by atoms with E-state index in [4.69, 9.17) is 0 Å². The molecule has 0 saturated heterocycles. The fourth-order valence-corrected chi connectivity index (χ4v) is 1.54. The Balaban J connectivity index is 2.49. The van der Waals surface area contributed by atoms with Crippen LogP contribution in [0.2, 0.25) is 0 Å². The van der Waals surface area contributed by atoms with E-state index in [0.29, 0.717) is 0 Å². The molecule has 0 bridgehead atoms. The first-order valence-corrected chi connectivity index (χ1v) is 3.40. The summed E-state index contributed by atoms with van der Waals surface area (Å²) in [5, 5.41) is 7.61. The molecule has 2 nitrogen and oxygen atoms in total. The van der Waals surface area contributed by atoms with Gasteiger partial charge in [-0.15, -0.1) is 11.8 Å². The van der Waals surface area contributed by atoms with Gasteiger partial charge in [-0.3, -0.25) is 0 Å². The summed E-state index contributed by atoms with van der Waals surface area (Å²) in [6.45, 7) is 0. The zero-order valence-electron chi connectivity index (χ0n) is 4.16. The van der Waals surface area contributed by atoms with Gasteiger partial charge in [0, 0.05) is 5.75 Å². The average Bonchev–Trinajstić information content (AvgIpc) is 2.15. The molecule has 0 fully saturated rings. The number of azo groups is 1. The highest BCUT2D eigenvalue weighted by atomic mass is 32.2. The molecule has 0 saturated carbocycles. The number of rotatable bonds is 0. The number of nitrogens with zero attached hydrogens (tertiary/aromatic N) is 2. The molecule has 0 aromatic heterocycles. The monoisotopic (exact) mass is 124 g/mol. The fraction of sp³-hybridized carbons (Fsp3) is 0.200. The molecule has 0 spiro atoms. The first kappa shape index (κ1) is 4.32. The van der Waals surface area contributed by atoms with Crippen molar-refractivity contribution in [1.82, 2.24) is 0 Å². The lowest BCUT2D eigenvalue weighted by Crippen LogP contribution is -1.62. The highest BCUT2D eigenvalue weighted by molar-refractivity contribution is 8.03. The molecule has 2 heterocycles. The van der Waals surface area contributed by atoms with E-state index in [2.05, 4.69) is 16.3 Å². The summed E-state index contributed by atoms with van der Waals surface area (Å²) >= 11 is 1.79. The second-order valence-corrected chi connectivity index (χ2v) is 2.67. The van der Waals surface area contributed by atoms with Crippen LogP contribution < -0.4 is 0 Å². The van der Waals surface area contributed by atoms with Gasteiger partial charge in [-0.2, -0.15) is 10.2 Å². The standard InChI is InChI=1S/C5H4N2S/c1-2-8-5-3-6-7-4(1)5/h1,3H,2H2. The van der Waals surface area contributed by atoms with Crippen LogP contribution in [0.5, 0.6) is 0 Å². The van der Waals surface area contributed by atoms with Gasteiger partial charge in [-0.25, -0.2) is 0 Å². The van der Waals surface area contributed by atoms with Crippen molar-refractivity contribution in [3.63, 3.8) is 0 Å². The molecule has 40 valence electrons. The minimum atomic E-state index is 1.06. The molecule has 2 rings (SSSR count). The number of fused-ring (bicyclic) bond motifs is 1. The Morgan fingerprint density at radius 3 is 3.50 bits per heavy atom. The van der Waals surface area contributed by atoms with E-state index in [1.54, 1.807) is 11.8 Å². The molecule has 0 atom stereocenters. The third-order valence-electron chi connectivity index (χ3n) is 1.11. The maximum Gasteiger partial charge on any atom is 0.0977 e. The van der Waals surface area contributed by atoms with Crippen LogP contribution in [0.4, 0.5) is 0 Å². The van der Waals surface area contributed by atoms with Crippen LogP contribution in [0.25, 0.3) is 0 Å². The van der Waals surface area contributed by atoms with Gasteiger partial charge in [0.05, 0.1) is 16.8 Å². The second-order valence-electron chi connectivity index (χ2n) is 1.61. The lowest BCUT2D eigenvalue weighted by molar-refractivity contribution is 1.23. The smallest absolute Gasteiger partial charge is 0.0977 e. The highest BCUT2D eigenvalue weighted by Gasteiger charge is 2.14. The molecule has 0 aromatic rings. The summed E-state index contributed by atoms with van der Waals surface area (Å²) in [5.74, 6) is 1.07. The van der Waals surface area contributed by atoms with E-state index >= 15 is 0 Å². The predicted molar refractivity (Wildman–Crippen MR) is 33.5 cm³/mol.